The van der Waals surface area contributed by atoms with Crippen LogP contribution in [0.4, 0.5) is 0 Å². The summed E-state index contributed by atoms with van der Waals surface area (Å²) in [5.74, 6) is -0.0427. The minimum Gasteiger partial charge on any atom is -0.298 e. The molecule has 0 saturated carbocycles. The molecule has 1 fully saturated rings. The van der Waals surface area contributed by atoms with Gasteiger partial charge in [-0.2, -0.15) is 4.31 Å². The molecular weight excluding hydrogens is 214 g/mol. The summed E-state index contributed by atoms with van der Waals surface area (Å²) in [5, 5.41) is -0.447. The average molecular weight is 233 g/mol. The highest BCUT2D eigenvalue weighted by atomic mass is 32.2. The number of piperidine rings is 1. The topological polar surface area (TPSA) is 54.5 Å². The van der Waals surface area contributed by atoms with Crippen molar-refractivity contribution in [3.8, 4) is 0 Å². The molecule has 0 aromatic carbocycles. The smallest absolute Gasteiger partial charge is 0.217 e. The lowest BCUT2D eigenvalue weighted by molar-refractivity contribution is -0.121. The van der Waals surface area contributed by atoms with Crippen LogP contribution in [0.2, 0.25) is 0 Å². The summed E-state index contributed by atoms with van der Waals surface area (Å²) in [6, 6.07) is -0.425. The van der Waals surface area contributed by atoms with E-state index in [0.717, 1.165) is 12.8 Å². The second-order valence-corrected chi connectivity index (χ2v) is 6.77. The van der Waals surface area contributed by atoms with Gasteiger partial charge < -0.3 is 0 Å². The van der Waals surface area contributed by atoms with Crippen LogP contribution in [0.3, 0.4) is 0 Å². The van der Waals surface area contributed by atoms with Gasteiger partial charge in [0.05, 0.1) is 11.3 Å². The molecule has 1 atom stereocenters. The number of carbonyl (C=O) groups is 1. The first kappa shape index (κ1) is 12.6. The molecule has 0 spiro atoms. The lowest BCUT2D eigenvalue weighted by atomic mass is 10.0. The Morgan fingerprint density at radius 1 is 1.33 bits per heavy atom. The fourth-order valence-corrected chi connectivity index (χ4v) is 3.42. The van der Waals surface area contributed by atoms with Gasteiger partial charge in [0, 0.05) is 6.54 Å². The van der Waals surface area contributed by atoms with E-state index in [1.165, 1.54) is 11.2 Å². The number of ketones is 1. The molecule has 0 aromatic heterocycles. The van der Waals surface area contributed by atoms with Crippen molar-refractivity contribution >= 4 is 15.8 Å². The van der Waals surface area contributed by atoms with Gasteiger partial charge in [0.25, 0.3) is 0 Å². The first-order valence-electron chi connectivity index (χ1n) is 5.38. The fraction of sp³-hybridized carbons (Fsp3) is 0.900. The summed E-state index contributed by atoms with van der Waals surface area (Å²) in [4.78, 5) is 11.4. The van der Waals surface area contributed by atoms with Crippen LogP contribution in [0.1, 0.15) is 40.0 Å². The van der Waals surface area contributed by atoms with E-state index in [1.54, 1.807) is 13.8 Å². The van der Waals surface area contributed by atoms with Crippen LogP contribution < -0.4 is 0 Å². The predicted octanol–water partition coefficient (Wildman–Crippen LogP) is 1.17. The molecule has 1 aliphatic rings. The number of nitrogens with zero attached hydrogens (tertiary/aromatic N) is 1. The van der Waals surface area contributed by atoms with Gasteiger partial charge in [-0.05, 0) is 33.6 Å². The molecule has 88 valence electrons. The number of rotatable bonds is 3. The molecule has 0 unspecified atom stereocenters. The number of carbonyl (C=O) groups excluding carboxylic acids is 1. The summed E-state index contributed by atoms with van der Waals surface area (Å²) >= 11 is 0. The summed E-state index contributed by atoms with van der Waals surface area (Å²) in [5.41, 5.74) is 0. The molecular formula is C10H19NO3S. The second kappa shape index (κ2) is 4.61. The molecule has 1 heterocycles. The molecule has 15 heavy (non-hydrogen) atoms. The van der Waals surface area contributed by atoms with E-state index >= 15 is 0 Å². The molecule has 1 rings (SSSR count). The third kappa shape index (κ3) is 2.58. The van der Waals surface area contributed by atoms with Gasteiger partial charge in [-0.15, -0.1) is 0 Å². The number of sulfonamides is 1. The van der Waals surface area contributed by atoms with Gasteiger partial charge in [-0.3, -0.25) is 4.79 Å². The molecule has 0 aliphatic carbocycles. The van der Waals surface area contributed by atoms with Gasteiger partial charge in [0.2, 0.25) is 10.0 Å². The van der Waals surface area contributed by atoms with E-state index in [2.05, 4.69) is 0 Å². The number of hydrogen-bond acceptors (Lipinski definition) is 3. The van der Waals surface area contributed by atoms with Crippen LogP contribution >= 0.6 is 0 Å². The van der Waals surface area contributed by atoms with Crippen molar-refractivity contribution in [2.75, 3.05) is 6.54 Å². The summed E-state index contributed by atoms with van der Waals surface area (Å²) in [7, 11) is -3.28. The largest absolute Gasteiger partial charge is 0.298 e. The molecule has 0 amide bonds. The van der Waals surface area contributed by atoms with E-state index in [1.807, 2.05) is 0 Å². The maximum Gasteiger partial charge on any atom is 0.217 e. The third-order valence-electron chi connectivity index (χ3n) is 2.85. The normalized spacial score (nSPS) is 24.4. The second-order valence-electron chi connectivity index (χ2n) is 4.33. The van der Waals surface area contributed by atoms with E-state index in [4.69, 9.17) is 0 Å². The predicted molar refractivity (Wildman–Crippen MR) is 59.1 cm³/mol. The molecule has 0 radical (unpaired) electrons. The van der Waals surface area contributed by atoms with E-state index < -0.39 is 21.3 Å². The lowest BCUT2D eigenvalue weighted by Crippen LogP contribution is -2.49. The zero-order valence-corrected chi connectivity index (χ0v) is 10.4. The Hall–Kier alpha value is -0.420. The Bertz CT molecular complexity index is 335. The van der Waals surface area contributed by atoms with Crippen LogP contribution in [0, 0.1) is 0 Å². The summed E-state index contributed by atoms with van der Waals surface area (Å²) < 4.78 is 25.3. The van der Waals surface area contributed by atoms with E-state index in [0.29, 0.717) is 13.0 Å². The van der Waals surface area contributed by atoms with Gasteiger partial charge in [-0.25, -0.2) is 8.42 Å². The highest BCUT2D eigenvalue weighted by molar-refractivity contribution is 7.89. The summed E-state index contributed by atoms with van der Waals surface area (Å²) in [6.07, 6.45) is 2.46. The highest BCUT2D eigenvalue weighted by Crippen LogP contribution is 2.23. The first-order chi connectivity index (χ1) is 6.87. The van der Waals surface area contributed by atoms with Gasteiger partial charge in [-0.1, -0.05) is 6.42 Å². The zero-order chi connectivity index (χ0) is 11.6. The van der Waals surface area contributed by atoms with E-state index in [9.17, 15) is 13.2 Å². The monoisotopic (exact) mass is 233 g/mol. The van der Waals surface area contributed by atoms with Crippen molar-refractivity contribution in [3.63, 3.8) is 0 Å². The quantitative estimate of drug-likeness (QED) is 0.735. The van der Waals surface area contributed by atoms with Crippen LogP contribution in [0.5, 0.6) is 0 Å². The molecule has 1 aliphatic heterocycles. The van der Waals surface area contributed by atoms with Crippen molar-refractivity contribution < 1.29 is 13.2 Å². The first-order valence-corrected chi connectivity index (χ1v) is 6.89. The van der Waals surface area contributed by atoms with Crippen molar-refractivity contribution in [1.29, 1.82) is 0 Å². The zero-order valence-electron chi connectivity index (χ0n) is 9.56. The van der Waals surface area contributed by atoms with Crippen LogP contribution in [0.25, 0.3) is 0 Å². The van der Waals surface area contributed by atoms with Crippen molar-refractivity contribution in [2.24, 2.45) is 0 Å². The van der Waals surface area contributed by atoms with E-state index in [-0.39, 0.29) is 5.78 Å². The standard InChI is InChI=1S/C10H19NO3S/c1-8(2)15(13,14)11-7-5-4-6-10(11)9(3)12/h8,10H,4-7H2,1-3H3/t10-/m0/s1. The minimum absolute atomic E-state index is 0.0427. The molecule has 1 saturated heterocycles. The van der Waals surface area contributed by atoms with Crippen molar-refractivity contribution in [2.45, 2.75) is 51.3 Å². The van der Waals surface area contributed by atoms with Gasteiger partial charge in [0.1, 0.15) is 5.78 Å². The Morgan fingerprint density at radius 2 is 1.93 bits per heavy atom. The molecule has 0 bridgehead atoms. The lowest BCUT2D eigenvalue weighted by Gasteiger charge is -2.34. The number of Topliss-reactive ketones (excluding diaryl/α,β-unsaturated/α-hetero) is 1. The molecule has 0 aromatic rings. The molecule has 0 N–H and O–H groups in total. The van der Waals surface area contributed by atoms with Crippen LogP contribution in [-0.4, -0.2) is 36.3 Å². The highest BCUT2D eigenvalue weighted by Gasteiger charge is 2.36. The fourth-order valence-electron chi connectivity index (χ4n) is 1.89. The van der Waals surface area contributed by atoms with Gasteiger partial charge in [0.15, 0.2) is 0 Å². The molecule has 5 heteroatoms. The Morgan fingerprint density at radius 3 is 2.40 bits per heavy atom. The Labute approximate surface area is 91.7 Å². The Balaban J connectivity index is 2.95. The van der Waals surface area contributed by atoms with Crippen molar-refractivity contribution in [1.82, 2.24) is 4.31 Å². The summed E-state index contributed by atoms with van der Waals surface area (Å²) in [6.45, 7) is 5.27. The third-order valence-corrected chi connectivity index (χ3v) is 5.13. The van der Waals surface area contributed by atoms with Crippen LogP contribution in [-0.2, 0) is 14.8 Å². The van der Waals surface area contributed by atoms with Gasteiger partial charge >= 0.3 is 0 Å². The van der Waals surface area contributed by atoms with Crippen molar-refractivity contribution in [3.05, 3.63) is 0 Å². The average Bonchev–Trinajstić information content (AvgIpc) is 2.17. The van der Waals surface area contributed by atoms with Crippen LogP contribution in [0.15, 0.2) is 0 Å². The SMILES string of the molecule is CC(=O)[C@@H]1CCCCN1S(=O)(=O)C(C)C. The minimum atomic E-state index is -3.28. The number of hydrogen-bond donors (Lipinski definition) is 0. The maximum absolute atomic E-state index is 12.0. The Kier molecular flexibility index (Phi) is 3.89. The maximum atomic E-state index is 12.0. The molecule has 4 nitrogen and oxygen atoms in total.